The van der Waals surface area contributed by atoms with Crippen LogP contribution in [0.1, 0.15) is 12.5 Å². The molecule has 1 atom stereocenters. The lowest BCUT2D eigenvalue weighted by Crippen LogP contribution is -2.29. The van der Waals surface area contributed by atoms with Gasteiger partial charge in [-0.1, -0.05) is 17.7 Å². The fourth-order valence-corrected chi connectivity index (χ4v) is 1.70. The lowest BCUT2D eigenvalue weighted by molar-refractivity contribution is 0.171. The summed E-state index contributed by atoms with van der Waals surface area (Å²) in [6, 6.07) is 6.30. The molecule has 1 aromatic carbocycles. The molecule has 0 radical (unpaired) electrons. The molecule has 0 aliphatic carbocycles. The van der Waals surface area contributed by atoms with E-state index in [9.17, 15) is 0 Å². The Bertz CT molecular complexity index is 319. The van der Waals surface area contributed by atoms with Gasteiger partial charge in [-0.3, -0.25) is 0 Å². The second kappa shape index (κ2) is 6.48. The first-order chi connectivity index (χ1) is 7.13. The van der Waals surface area contributed by atoms with Gasteiger partial charge < -0.3 is 10.1 Å². The molecule has 0 heterocycles. The van der Waals surface area contributed by atoms with Crippen molar-refractivity contribution in [3.63, 3.8) is 0 Å². The van der Waals surface area contributed by atoms with E-state index in [2.05, 4.69) is 28.2 Å². The Morgan fingerprint density at radius 2 is 2.27 bits per heavy atom. The lowest BCUT2D eigenvalue weighted by Gasteiger charge is -2.12. The van der Waals surface area contributed by atoms with Gasteiger partial charge in [0.1, 0.15) is 0 Å². The molecule has 0 fully saturated rings. The Morgan fingerprint density at radius 3 is 2.87 bits per heavy atom. The van der Waals surface area contributed by atoms with Crippen molar-refractivity contribution in [1.82, 2.24) is 5.32 Å². The van der Waals surface area contributed by atoms with Crippen molar-refractivity contribution in [2.24, 2.45) is 0 Å². The van der Waals surface area contributed by atoms with E-state index in [0.717, 1.165) is 16.0 Å². The maximum absolute atomic E-state index is 5.99. The Morgan fingerprint density at radius 1 is 1.53 bits per heavy atom. The molecule has 0 saturated carbocycles. The topological polar surface area (TPSA) is 21.3 Å². The van der Waals surface area contributed by atoms with Gasteiger partial charge >= 0.3 is 0 Å². The minimum atomic E-state index is 0.345. The molecule has 0 bridgehead atoms. The molecule has 1 aromatic rings. The standard InChI is InChI=1S/C11H15BrClNO/c1-8(7-15-2)14-6-9-3-4-10(12)11(13)5-9/h3-5,8,14H,6-7H2,1-2H3. The monoisotopic (exact) mass is 291 g/mol. The third-order valence-corrected chi connectivity index (χ3v) is 3.29. The van der Waals surface area contributed by atoms with Crippen LogP contribution >= 0.6 is 27.5 Å². The van der Waals surface area contributed by atoms with Crippen LogP contribution < -0.4 is 5.32 Å². The molecular weight excluding hydrogens is 277 g/mol. The minimum absolute atomic E-state index is 0.345. The highest BCUT2D eigenvalue weighted by Crippen LogP contribution is 2.23. The fraction of sp³-hybridized carbons (Fsp3) is 0.455. The maximum Gasteiger partial charge on any atom is 0.0613 e. The van der Waals surface area contributed by atoms with Crippen LogP contribution in [0.4, 0.5) is 0 Å². The second-order valence-electron chi connectivity index (χ2n) is 3.49. The van der Waals surface area contributed by atoms with E-state index in [4.69, 9.17) is 16.3 Å². The summed E-state index contributed by atoms with van der Waals surface area (Å²) < 4.78 is 5.97. The molecule has 2 nitrogen and oxygen atoms in total. The number of hydrogen-bond acceptors (Lipinski definition) is 2. The van der Waals surface area contributed by atoms with Gasteiger partial charge in [-0.15, -0.1) is 0 Å². The average molecular weight is 293 g/mol. The summed E-state index contributed by atoms with van der Waals surface area (Å²) in [6.07, 6.45) is 0. The first kappa shape index (κ1) is 13.0. The van der Waals surface area contributed by atoms with E-state index in [1.807, 2.05) is 18.2 Å². The van der Waals surface area contributed by atoms with Gasteiger partial charge in [0.2, 0.25) is 0 Å². The first-order valence-electron chi connectivity index (χ1n) is 4.79. The van der Waals surface area contributed by atoms with E-state index >= 15 is 0 Å². The van der Waals surface area contributed by atoms with Crippen LogP contribution in [0, 0.1) is 0 Å². The summed E-state index contributed by atoms with van der Waals surface area (Å²) in [7, 11) is 1.70. The second-order valence-corrected chi connectivity index (χ2v) is 4.75. The first-order valence-corrected chi connectivity index (χ1v) is 5.97. The molecule has 0 aliphatic heterocycles. The van der Waals surface area contributed by atoms with Gasteiger partial charge in [-0.25, -0.2) is 0 Å². The van der Waals surface area contributed by atoms with Crippen molar-refractivity contribution in [3.05, 3.63) is 33.3 Å². The van der Waals surface area contributed by atoms with Crippen molar-refractivity contribution in [2.75, 3.05) is 13.7 Å². The van der Waals surface area contributed by atoms with E-state index in [-0.39, 0.29) is 0 Å². The number of ether oxygens (including phenoxy) is 1. The fourth-order valence-electron chi connectivity index (χ4n) is 1.25. The number of halogens is 2. The highest BCUT2D eigenvalue weighted by molar-refractivity contribution is 9.10. The maximum atomic E-state index is 5.99. The summed E-state index contributed by atoms with van der Waals surface area (Å²) in [4.78, 5) is 0. The average Bonchev–Trinajstić information content (AvgIpc) is 2.20. The van der Waals surface area contributed by atoms with Crippen molar-refractivity contribution >= 4 is 27.5 Å². The van der Waals surface area contributed by atoms with Crippen LogP contribution in [-0.4, -0.2) is 19.8 Å². The van der Waals surface area contributed by atoms with Crippen LogP contribution in [0.5, 0.6) is 0 Å². The summed E-state index contributed by atoms with van der Waals surface area (Å²) in [5.41, 5.74) is 1.17. The van der Waals surface area contributed by atoms with Crippen molar-refractivity contribution in [1.29, 1.82) is 0 Å². The van der Waals surface area contributed by atoms with Gasteiger partial charge in [-0.05, 0) is 40.5 Å². The normalized spacial score (nSPS) is 12.8. The van der Waals surface area contributed by atoms with E-state index < -0.39 is 0 Å². The molecule has 0 amide bonds. The zero-order valence-corrected chi connectivity index (χ0v) is 11.2. The molecular formula is C11H15BrClNO. The predicted octanol–water partition coefficient (Wildman–Crippen LogP) is 3.23. The number of benzene rings is 1. The Kier molecular flexibility index (Phi) is 5.61. The molecule has 4 heteroatoms. The van der Waals surface area contributed by atoms with Crippen LogP contribution in [0.2, 0.25) is 5.02 Å². The predicted molar refractivity (Wildman–Crippen MR) is 67.3 cm³/mol. The van der Waals surface area contributed by atoms with Gasteiger partial charge in [0, 0.05) is 24.2 Å². The molecule has 1 rings (SSSR count). The van der Waals surface area contributed by atoms with Crippen LogP contribution in [-0.2, 0) is 11.3 Å². The largest absolute Gasteiger partial charge is 0.383 e. The van der Waals surface area contributed by atoms with Crippen molar-refractivity contribution in [3.8, 4) is 0 Å². The van der Waals surface area contributed by atoms with Crippen LogP contribution in [0.15, 0.2) is 22.7 Å². The zero-order valence-electron chi connectivity index (χ0n) is 8.89. The molecule has 1 N–H and O–H groups in total. The molecule has 15 heavy (non-hydrogen) atoms. The quantitative estimate of drug-likeness (QED) is 0.900. The lowest BCUT2D eigenvalue weighted by atomic mass is 10.2. The van der Waals surface area contributed by atoms with E-state index in [0.29, 0.717) is 12.6 Å². The van der Waals surface area contributed by atoms with Crippen LogP contribution in [0.3, 0.4) is 0 Å². The molecule has 0 saturated heterocycles. The summed E-state index contributed by atoms with van der Waals surface area (Å²) in [6.45, 7) is 3.60. The Hall–Kier alpha value is -0.0900. The number of hydrogen-bond donors (Lipinski definition) is 1. The van der Waals surface area contributed by atoms with E-state index in [1.54, 1.807) is 7.11 Å². The molecule has 0 aliphatic rings. The molecule has 1 unspecified atom stereocenters. The number of methoxy groups -OCH3 is 1. The van der Waals surface area contributed by atoms with Crippen molar-refractivity contribution < 1.29 is 4.74 Å². The summed E-state index contributed by atoms with van der Waals surface area (Å²) >= 11 is 9.35. The number of nitrogens with one attached hydrogen (secondary N) is 1. The highest BCUT2D eigenvalue weighted by Gasteiger charge is 2.02. The molecule has 84 valence electrons. The smallest absolute Gasteiger partial charge is 0.0613 e. The third-order valence-electron chi connectivity index (χ3n) is 2.06. The Labute approximate surface area is 104 Å². The third kappa shape index (κ3) is 4.51. The molecule has 0 spiro atoms. The van der Waals surface area contributed by atoms with Gasteiger partial charge in [-0.2, -0.15) is 0 Å². The summed E-state index contributed by atoms with van der Waals surface area (Å²) in [5, 5.41) is 4.09. The Balaban J connectivity index is 2.47. The summed E-state index contributed by atoms with van der Waals surface area (Å²) in [5.74, 6) is 0. The molecule has 0 aromatic heterocycles. The minimum Gasteiger partial charge on any atom is -0.383 e. The van der Waals surface area contributed by atoms with Crippen molar-refractivity contribution in [2.45, 2.75) is 19.5 Å². The van der Waals surface area contributed by atoms with Gasteiger partial charge in [0.05, 0.1) is 11.6 Å². The van der Waals surface area contributed by atoms with Gasteiger partial charge in [0.25, 0.3) is 0 Å². The van der Waals surface area contributed by atoms with Crippen LogP contribution in [0.25, 0.3) is 0 Å². The SMILES string of the molecule is COCC(C)NCc1ccc(Br)c(Cl)c1. The zero-order chi connectivity index (χ0) is 11.3. The van der Waals surface area contributed by atoms with E-state index in [1.165, 1.54) is 5.56 Å². The van der Waals surface area contributed by atoms with Gasteiger partial charge in [0.15, 0.2) is 0 Å². The number of rotatable bonds is 5. The highest BCUT2D eigenvalue weighted by atomic mass is 79.9.